The molecule has 1 unspecified atom stereocenters. The van der Waals surface area contributed by atoms with Crippen molar-refractivity contribution in [2.75, 3.05) is 25.3 Å². The molecular formula is C26H26N4O4S. The Morgan fingerprint density at radius 1 is 0.943 bits per heavy atom. The molecule has 4 aromatic rings. The Labute approximate surface area is 208 Å². The number of hydrogen-bond acceptors (Lipinski definition) is 7. The molecule has 0 saturated carbocycles. The van der Waals surface area contributed by atoms with Crippen LogP contribution in [0, 0.1) is 0 Å². The molecule has 35 heavy (non-hydrogen) atoms. The SMILES string of the molecule is COc1cccc(NC(=O)CSc2nnc(C(C)Oc3ccccc3OC)n2-c2ccccc2)c1. The molecule has 9 heteroatoms. The van der Waals surface area contributed by atoms with Crippen molar-refractivity contribution < 1.29 is 19.0 Å². The lowest BCUT2D eigenvalue weighted by atomic mass is 10.3. The average molecular weight is 491 g/mol. The lowest BCUT2D eigenvalue weighted by Gasteiger charge is -2.18. The number of thioether (sulfide) groups is 1. The Kier molecular flexibility index (Phi) is 7.89. The van der Waals surface area contributed by atoms with Gasteiger partial charge in [-0.3, -0.25) is 9.36 Å². The number of amides is 1. The van der Waals surface area contributed by atoms with E-state index in [9.17, 15) is 4.79 Å². The summed E-state index contributed by atoms with van der Waals surface area (Å²) < 4.78 is 18.7. The van der Waals surface area contributed by atoms with E-state index >= 15 is 0 Å². The third kappa shape index (κ3) is 5.93. The molecule has 4 rings (SSSR count). The number of carbonyl (C=O) groups excluding carboxylic acids is 1. The van der Waals surface area contributed by atoms with Crippen LogP contribution in [0.5, 0.6) is 17.2 Å². The van der Waals surface area contributed by atoms with E-state index in [4.69, 9.17) is 14.2 Å². The molecule has 0 aliphatic heterocycles. The van der Waals surface area contributed by atoms with E-state index in [0.717, 1.165) is 5.69 Å². The first-order valence-corrected chi connectivity index (χ1v) is 11.9. The van der Waals surface area contributed by atoms with Gasteiger partial charge in [-0.25, -0.2) is 0 Å². The Morgan fingerprint density at radius 3 is 2.43 bits per heavy atom. The lowest BCUT2D eigenvalue weighted by Crippen LogP contribution is -2.15. The number of rotatable bonds is 10. The fourth-order valence-electron chi connectivity index (χ4n) is 3.45. The highest BCUT2D eigenvalue weighted by Gasteiger charge is 2.22. The number of hydrogen-bond donors (Lipinski definition) is 1. The van der Waals surface area contributed by atoms with Crippen molar-refractivity contribution in [3.05, 3.63) is 84.7 Å². The standard InChI is InChI=1S/C26H26N4O4S/c1-18(34-23-15-8-7-14-22(23)33-3)25-28-29-26(30(25)20-11-5-4-6-12-20)35-17-24(31)27-19-10-9-13-21(16-19)32-2/h4-16,18H,17H2,1-3H3,(H,27,31). The van der Waals surface area contributed by atoms with Gasteiger partial charge in [0.2, 0.25) is 5.91 Å². The highest BCUT2D eigenvalue weighted by atomic mass is 32.2. The van der Waals surface area contributed by atoms with Gasteiger partial charge in [0.25, 0.3) is 0 Å². The summed E-state index contributed by atoms with van der Waals surface area (Å²) >= 11 is 1.30. The lowest BCUT2D eigenvalue weighted by molar-refractivity contribution is -0.113. The van der Waals surface area contributed by atoms with Gasteiger partial charge in [-0.2, -0.15) is 0 Å². The molecule has 0 fully saturated rings. The number of anilines is 1. The monoisotopic (exact) mass is 490 g/mol. The van der Waals surface area contributed by atoms with E-state index in [2.05, 4.69) is 15.5 Å². The first kappa shape index (κ1) is 24.2. The Balaban J connectivity index is 1.54. The van der Waals surface area contributed by atoms with Crippen molar-refractivity contribution in [1.29, 1.82) is 0 Å². The Morgan fingerprint density at radius 2 is 1.69 bits per heavy atom. The van der Waals surface area contributed by atoms with Crippen LogP contribution in [-0.2, 0) is 4.79 Å². The van der Waals surface area contributed by atoms with Crippen LogP contribution in [0.1, 0.15) is 18.9 Å². The van der Waals surface area contributed by atoms with Gasteiger partial charge in [0.05, 0.1) is 20.0 Å². The van der Waals surface area contributed by atoms with Crippen LogP contribution in [0.15, 0.2) is 84.0 Å². The summed E-state index contributed by atoms with van der Waals surface area (Å²) in [6.07, 6.45) is -0.432. The molecule has 1 heterocycles. The maximum Gasteiger partial charge on any atom is 0.234 e. The van der Waals surface area contributed by atoms with Gasteiger partial charge < -0.3 is 19.5 Å². The molecule has 1 atom stereocenters. The second-order valence-corrected chi connectivity index (χ2v) is 8.43. The second kappa shape index (κ2) is 11.4. The number of benzene rings is 3. The maximum atomic E-state index is 12.6. The van der Waals surface area contributed by atoms with E-state index in [1.165, 1.54) is 11.8 Å². The summed E-state index contributed by atoms with van der Waals surface area (Å²) in [5.41, 5.74) is 1.54. The van der Waals surface area contributed by atoms with Crippen LogP contribution < -0.4 is 19.5 Å². The van der Waals surface area contributed by atoms with Crippen molar-refractivity contribution in [1.82, 2.24) is 14.8 Å². The molecule has 180 valence electrons. The number of methoxy groups -OCH3 is 2. The normalized spacial score (nSPS) is 11.5. The first-order valence-electron chi connectivity index (χ1n) is 11.0. The van der Waals surface area contributed by atoms with Gasteiger partial charge in [-0.1, -0.05) is 48.2 Å². The first-order chi connectivity index (χ1) is 17.1. The smallest absolute Gasteiger partial charge is 0.234 e. The summed E-state index contributed by atoms with van der Waals surface area (Å²) in [5.74, 6) is 2.52. The number of carbonyl (C=O) groups is 1. The van der Waals surface area contributed by atoms with Crippen LogP contribution in [-0.4, -0.2) is 40.6 Å². The minimum atomic E-state index is -0.432. The van der Waals surface area contributed by atoms with E-state index < -0.39 is 6.10 Å². The molecule has 0 saturated heterocycles. The molecule has 0 aliphatic carbocycles. The number of nitrogens with zero attached hydrogens (tertiary/aromatic N) is 3. The van der Waals surface area contributed by atoms with Crippen molar-refractivity contribution >= 4 is 23.4 Å². The van der Waals surface area contributed by atoms with Gasteiger partial charge in [-0.05, 0) is 43.3 Å². The number of nitrogens with one attached hydrogen (secondary N) is 1. The van der Waals surface area contributed by atoms with Crippen molar-refractivity contribution in [3.63, 3.8) is 0 Å². The van der Waals surface area contributed by atoms with Crippen molar-refractivity contribution in [2.45, 2.75) is 18.2 Å². The van der Waals surface area contributed by atoms with Crippen LogP contribution in [0.2, 0.25) is 0 Å². The predicted octanol–water partition coefficient (Wildman–Crippen LogP) is 5.16. The number of aromatic nitrogens is 3. The van der Waals surface area contributed by atoms with Crippen LogP contribution in [0.25, 0.3) is 5.69 Å². The quantitative estimate of drug-likeness (QED) is 0.307. The number of ether oxygens (including phenoxy) is 3. The van der Waals surface area contributed by atoms with Gasteiger partial charge in [0, 0.05) is 17.4 Å². The summed E-state index contributed by atoms with van der Waals surface area (Å²) in [7, 11) is 3.19. The molecule has 0 radical (unpaired) electrons. The average Bonchev–Trinajstić information content (AvgIpc) is 3.32. The van der Waals surface area contributed by atoms with Crippen molar-refractivity contribution in [3.8, 4) is 22.9 Å². The third-order valence-corrected chi connectivity index (χ3v) is 6.02. The Bertz CT molecular complexity index is 1280. The van der Waals surface area contributed by atoms with Gasteiger partial charge in [0.15, 0.2) is 28.6 Å². The third-order valence-electron chi connectivity index (χ3n) is 5.10. The fraction of sp³-hybridized carbons (Fsp3) is 0.192. The fourth-order valence-corrected chi connectivity index (χ4v) is 4.20. The van der Waals surface area contributed by atoms with Crippen LogP contribution in [0.3, 0.4) is 0 Å². The maximum absolute atomic E-state index is 12.6. The zero-order chi connectivity index (χ0) is 24.6. The predicted molar refractivity (Wildman–Crippen MR) is 136 cm³/mol. The van der Waals surface area contributed by atoms with Crippen LogP contribution >= 0.6 is 11.8 Å². The minimum Gasteiger partial charge on any atom is -0.497 e. The molecule has 0 bridgehead atoms. The van der Waals surface area contributed by atoms with E-state index in [-0.39, 0.29) is 11.7 Å². The summed E-state index contributed by atoms with van der Waals surface area (Å²) in [5, 5.41) is 12.2. The van der Waals surface area contributed by atoms with Gasteiger partial charge in [0.1, 0.15) is 5.75 Å². The highest BCUT2D eigenvalue weighted by molar-refractivity contribution is 7.99. The minimum absolute atomic E-state index is 0.157. The van der Waals surface area contributed by atoms with Gasteiger partial charge in [-0.15, -0.1) is 10.2 Å². The van der Waals surface area contributed by atoms with Crippen LogP contribution in [0.4, 0.5) is 5.69 Å². The zero-order valence-corrected chi connectivity index (χ0v) is 20.5. The highest BCUT2D eigenvalue weighted by Crippen LogP contribution is 2.32. The molecule has 8 nitrogen and oxygen atoms in total. The molecule has 1 amide bonds. The van der Waals surface area contributed by atoms with E-state index in [0.29, 0.717) is 33.9 Å². The largest absolute Gasteiger partial charge is 0.497 e. The van der Waals surface area contributed by atoms with E-state index in [1.807, 2.05) is 84.3 Å². The van der Waals surface area contributed by atoms with Gasteiger partial charge >= 0.3 is 0 Å². The molecule has 1 aromatic heterocycles. The molecular weight excluding hydrogens is 464 g/mol. The summed E-state index contributed by atoms with van der Waals surface area (Å²) in [4.78, 5) is 12.6. The second-order valence-electron chi connectivity index (χ2n) is 7.49. The van der Waals surface area contributed by atoms with Crippen molar-refractivity contribution in [2.24, 2.45) is 0 Å². The zero-order valence-electron chi connectivity index (χ0n) is 19.7. The topological polar surface area (TPSA) is 87.5 Å². The number of para-hydroxylation sites is 3. The Hall–Kier alpha value is -3.98. The molecule has 3 aromatic carbocycles. The summed E-state index contributed by atoms with van der Waals surface area (Å²) in [6, 6.07) is 24.4. The molecule has 0 aliphatic rings. The molecule has 0 spiro atoms. The molecule has 1 N–H and O–H groups in total. The summed E-state index contributed by atoms with van der Waals surface area (Å²) in [6.45, 7) is 1.90. The van der Waals surface area contributed by atoms with E-state index in [1.54, 1.807) is 20.3 Å².